The SMILES string of the molecule is CC(C)(C)OC(=O)N(CCNCCN1CCCCC1)C(C)(C)C. The summed E-state index contributed by atoms with van der Waals surface area (Å²) in [6.45, 7) is 17.9. The first kappa shape index (κ1) is 20.2. The van der Waals surface area contributed by atoms with Crippen molar-refractivity contribution in [2.24, 2.45) is 0 Å². The van der Waals surface area contributed by atoms with E-state index in [0.29, 0.717) is 6.54 Å². The summed E-state index contributed by atoms with van der Waals surface area (Å²) >= 11 is 0. The largest absolute Gasteiger partial charge is 0.444 e. The van der Waals surface area contributed by atoms with Crippen molar-refractivity contribution in [2.75, 3.05) is 39.3 Å². The maximum absolute atomic E-state index is 12.4. The molecule has 1 N–H and O–H groups in total. The van der Waals surface area contributed by atoms with E-state index in [1.165, 1.54) is 32.4 Å². The molecule has 1 fully saturated rings. The van der Waals surface area contributed by atoms with E-state index < -0.39 is 5.60 Å². The molecule has 1 heterocycles. The Hall–Kier alpha value is -0.810. The van der Waals surface area contributed by atoms with Gasteiger partial charge in [0.2, 0.25) is 0 Å². The van der Waals surface area contributed by atoms with Crippen LogP contribution in [0, 0.1) is 0 Å². The fourth-order valence-corrected chi connectivity index (χ4v) is 2.75. The molecule has 0 radical (unpaired) electrons. The van der Waals surface area contributed by atoms with Gasteiger partial charge < -0.3 is 19.9 Å². The van der Waals surface area contributed by atoms with Gasteiger partial charge in [-0.15, -0.1) is 0 Å². The van der Waals surface area contributed by atoms with E-state index in [2.05, 4.69) is 10.2 Å². The summed E-state index contributed by atoms with van der Waals surface area (Å²) in [7, 11) is 0. The third kappa shape index (κ3) is 8.56. The molecule has 0 aliphatic carbocycles. The van der Waals surface area contributed by atoms with Gasteiger partial charge in [0.25, 0.3) is 0 Å². The molecule has 1 rings (SSSR count). The smallest absolute Gasteiger partial charge is 0.410 e. The first-order valence-corrected chi connectivity index (χ1v) is 9.03. The fraction of sp³-hybridized carbons (Fsp3) is 0.944. The molecular formula is C18H37N3O2. The van der Waals surface area contributed by atoms with E-state index in [9.17, 15) is 4.79 Å². The first-order chi connectivity index (χ1) is 10.6. The standard InChI is InChI=1S/C18H37N3O2/c1-17(2,3)21(16(22)23-18(4,5)6)15-11-19-10-14-20-12-8-7-9-13-20/h19H,7-15H2,1-6H3. The van der Waals surface area contributed by atoms with Crippen LogP contribution in [0.15, 0.2) is 0 Å². The topological polar surface area (TPSA) is 44.8 Å². The number of nitrogens with one attached hydrogen (secondary N) is 1. The predicted molar refractivity (Wildman–Crippen MR) is 95.9 cm³/mol. The summed E-state index contributed by atoms with van der Waals surface area (Å²) in [5, 5.41) is 3.46. The summed E-state index contributed by atoms with van der Waals surface area (Å²) in [6.07, 6.45) is 3.80. The van der Waals surface area contributed by atoms with Crippen LogP contribution in [-0.2, 0) is 4.74 Å². The lowest BCUT2D eigenvalue weighted by Crippen LogP contribution is -2.50. The van der Waals surface area contributed by atoms with E-state index in [1.807, 2.05) is 46.4 Å². The zero-order valence-electron chi connectivity index (χ0n) is 16.1. The van der Waals surface area contributed by atoms with Crippen LogP contribution in [-0.4, -0.2) is 66.3 Å². The minimum atomic E-state index is -0.456. The van der Waals surface area contributed by atoms with Crippen LogP contribution < -0.4 is 5.32 Å². The van der Waals surface area contributed by atoms with Crippen molar-refractivity contribution in [1.29, 1.82) is 0 Å². The van der Waals surface area contributed by atoms with Crippen molar-refractivity contribution in [3.63, 3.8) is 0 Å². The fourth-order valence-electron chi connectivity index (χ4n) is 2.75. The normalized spacial score (nSPS) is 17.1. The number of hydrogen-bond acceptors (Lipinski definition) is 4. The van der Waals surface area contributed by atoms with Crippen molar-refractivity contribution in [2.45, 2.75) is 71.9 Å². The number of carbonyl (C=O) groups is 1. The van der Waals surface area contributed by atoms with Gasteiger partial charge in [0, 0.05) is 31.7 Å². The van der Waals surface area contributed by atoms with E-state index >= 15 is 0 Å². The molecule has 0 saturated carbocycles. The molecular weight excluding hydrogens is 290 g/mol. The Labute approximate surface area is 142 Å². The molecule has 1 aliphatic rings. The number of nitrogens with zero attached hydrogens (tertiary/aromatic N) is 2. The number of likely N-dealkylation sites (tertiary alicyclic amines) is 1. The van der Waals surface area contributed by atoms with Gasteiger partial charge in [0.05, 0.1) is 0 Å². The zero-order chi connectivity index (χ0) is 17.5. The molecule has 0 aromatic heterocycles. The van der Waals surface area contributed by atoms with Crippen LogP contribution >= 0.6 is 0 Å². The van der Waals surface area contributed by atoms with E-state index in [4.69, 9.17) is 4.74 Å². The van der Waals surface area contributed by atoms with Gasteiger partial charge in [0.15, 0.2) is 0 Å². The highest BCUT2D eigenvalue weighted by atomic mass is 16.6. The van der Waals surface area contributed by atoms with Crippen molar-refractivity contribution in [1.82, 2.24) is 15.1 Å². The Bertz CT molecular complexity index is 352. The minimum absolute atomic E-state index is 0.233. The van der Waals surface area contributed by atoms with Crippen molar-refractivity contribution in [3.8, 4) is 0 Å². The second-order valence-corrected chi connectivity index (χ2v) is 8.46. The number of amides is 1. The number of carbonyl (C=O) groups excluding carboxylic acids is 1. The van der Waals surface area contributed by atoms with Crippen LogP contribution in [0.3, 0.4) is 0 Å². The van der Waals surface area contributed by atoms with Gasteiger partial charge in [-0.25, -0.2) is 4.79 Å². The molecule has 0 aromatic carbocycles. The quantitative estimate of drug-likeness (QED) is 0.762. The highest BCUT2D eigenvalue weighted by Crippen LogP contribution is 2.17. The lowest BCUT2D eigenvalue weighted by Gasteiger charge is -2.37. The third-order valence-corrected chi connectivity index (χ3v) is 3.99. The molecule has 0 atom stereocenters. The Morgan fingerprint density at radius 3 is 2.17 bits per heavy atom. The second kappa shape index (κ2) is 8.88. The zero-order valence-corrected chi connectivity index (χ0v) is 16.1. The average molecular weight is 328 g/mol. The predicted octanol–water partition coefficient (Wildman–Crippen LogP) is 3.10. The average Bonchev–Trinajstić information content (AvgIpc) is 2.40. The Kier molecular flexibility index (Phi) is 7.81. The summed E-state index contributed by atoms with van der Waals surface area (Å²) in [5.41, 5.74) is -0.695. The maximum Gasteiger partial charge on any atom is 0.410 e. The van der Waals surface area contributed by atoms with Gasteiger partial charge in [-0.2, -0.15) is 0 Å². The summed E-state index contributed by atoms with van der Waals surface area (Å²) in [4.78, 5) is 16.7. The molecule has 5 heteroatoms. The number of hydrogen-bond donors (Lipinski definition) is 1. The lowest BCUT2D eigenvalue weighted by atomic mass is 10.1. The third-order valence-electron chi connectivity index (χ3n) is 3.99. The van der Waals surface area contributed by atoms with Crippen molar-refractivity contribution in [3.05, 3.63) is 0 Å². The van der Waals surface area contributed by atoms with Crippen LogP contribution in [0.1, 0.15) is 60.8 Å². The summed E-state index contributed by atoms with van der Waals surface area (Å²) < 4.78 is 5.53. The molecule has 0 aromatic rings. The van der Waals surface area contributed by atoms with Gasteiger partial charge >= 0.3 is 6.09 Å². The van der Waals surface area contributed by atoms with Gasteiger partial charge in [-0.1, -0.05) is 6.42 Å². The molecule has 1 saturated heterocycles. The minimum Gasteiger partial charge on any atom is -0.444 e. The monoisotopic (exact) mass is 327 g/mol. The van der Waals surface area contributed by atoms with Gasteiger partial charge in [-0.05, 0) is 67.5 Å². The van der Waals surface area contributed by atoms with E-state index in [-0.39, 0.29) is 11.6 Å². The Balaban J connectivity index is 2.32. The molecule has 136 valence electrons. The van der Waals surface area contributed by atoms with Crippen molar-refractivity contribution >= 4 is 6.09 Å². The highest BCUT2D eigenvalue weighted by molar-refractivity contribution is 5.69. The summed E-state index contributed by atoms with van der Waals surface area (Å²) in [5.74, 6) is 0. The number of rotatable bonds is 6. The molecule has 23 heavy (non-hydrogen) atoms. The van der Waals surface area contributed by atoms with E-state index in [1.54, 1.807) is 0 Å². The molecule has 0 spiro atoms. The van der Waals surface area contributed by atoms with Crippen LogP contribution in [0.25, 0.3) is 0 Å². The van der Waals surface area contributed by atoms with Gasteiger partial charge in [-0.3, -0.25) is 0 Å². The van der Waals surface area contributed by atoms with Crippen LogP contribution in [0.4, 0.5) is 4.79 Å². The van der Waals surface area contributed by atoms with Crippen LogP contribution in [0.2, 0.25) is 0 Å². The Morgan fingerprint density at radius 2 is 1.65 bits per heavy atom. The molecule has 0 bridgehead atoms. The maximum atomic E-state index is 12.4. The molecule has 5 nitrogen and oxygen atoms in total. The molecule has 1 amide bonds. The van der Waals surface area contributed by atoms with Gasteiger partial charge in [0.1, 0.15) is 5.60 Å². The lowest BCUT2D eigenvalue weighted by molar-refractivity contribution is 0.00662. The summed E-state index contributed by atoms with van der Waals surface area (Å²) in [6, 6.07) is 0. The second-order valence-electron chi connectivity index (χ2n) is 8.46. The highest BCUT2D eigenvalue weighted by Gasteiger charge is 2.30. The van der Waals surface area contributed by atoms with E-state index in [0.717, 1.165) is 19.6 Å². The number of ether oxygens (including phenoxy) is 1. The Morgan fingerprint density at radius 1 is 1.04 bits per heavy atom. The first-order valence-electron chi connectivity index (χ1n) is 9.03. The number of piperidine rings is 1. The molecule has 0 unspecified atom stereocenters. The molecule has 1 aliphatic heterocycles. The van der Waals surface area contributed by atoms with Crippen molar-refractivity contribution < 1.29 is 9.53 Å². The van der Waals surface area contributed by atoms with Crippen LogP contribution in [0.5, 0.6) is 0 Å².